The number of anilines is 2. The third kappa shape index (κ3) is 4.44. The Kier molecular flexibility index (Phi) is 5.01. The van der Waals surface area contributed by atoms with Crippen LogP contribution in [0.4, 0.5) is 11.4 Å². The number of nitrogens with one attached hydrogen (secondary N) is 2. The van der Waals surface area contributed by atoms with E-state index in [-0.39, 0.29) is 5.91 Å². The highest BCUT2D eigenvalue weighted by Gasteiger charge is 2.17. The molecule has 2 heterocycles. The van der Waals surface area contributed by atoms with E-state index in [1.165, 1.54) is 11.3 Å². The fourth-order valence-corrected chi connectivity index (χ4v) is 3.73. The molecule has 26 heavy (non-hydrogen) atoms. The molecular weight excluding hydrogens is 372 g/mol. The highest BCUT2D eigenvalue weighted by atomic mass is 32.2. The summed E-state index contributed by atoms with van der Waals surface area (Å²) in [6.07, 6.45) is 2.76. The summed E-state index contributed by atoms with van der Waals surface area (Å²) in [4.78, 5) is 21.7. The lowest BCUT2D eigenvalue weighted by atomic mass is 10.3. The van der Waals surface area contributed by atoms with Crippen molar-refractivity contribution in [2.45, 2.75) is 6.92 Å². The minimum atomic E-state index is -3.34. The third-order valence-corrected chi connectivity index (χ3v) is 5.12. The van der Waals surface area contributed by atoms with Crippen LogP contribution in [-0.2, 0) is 10.0 Å². The summed E-state index contributed by atoms with van der Waals surface area (Å²) in [6.45, 7) is 1.77. The Balaban J connectivity index is 1.75. The number of thiazole rings is 1. The number of amides is 1. The Hall–Kier alpha value is -2.78. The average Bonchev–Trinajstić information content (AvgIpc) is 2.98. The average molecular weight is 388 g/mol. The lowest BCUT2D eigenvalue weighted by molar-refractivity contribution is 0.103. The van der Waals surface area contributed by atoms with E-state index >= 15 is 0 Å². The molecule has 1 amide bonds. The first-order valence-corrected chi connectivity index (χ1v) is 10.3. The van der Waals surface area contributed by atoms with Crippen molar-refractivity contribution >= 4 is 38.6 Å². The standard InChI is InChI=1S/C17H16N4O3S2/c1-11-15(25-17(19-11)14-5-3-4-10-18-14)16(22)20-12-6-8-13(9-7-12)21-26(2,23)24/h3-10,21H,1-2H3,(H,20,22). The van der Waals surface area contributed by atoms with Gasteiger partial charge in [0.1, 0.15) is 9.88 Å². The molecule has 2 N–H and O–H groups in total. The van der Waals surface area contributed by atoms with Gasteiger partial charge in [0.2, 0.25) is 10.0 Å². The first-order chi connectivity index (χ1) is 12.3. The van der Waals surface area contributed by atoms with Crippen molar-refractivity contribution in [2.24, 2.45) is 0 Å². The second-order valence-electron chi connectivity index (χ2n) is 5.55. The molecule has 0 saturated carbocycles. The number of carbonyl (C=O) groups excluding carboxylic acids is 1. The molecule has 2 aromatic heterocycles. The highest BCUT2D eigenvalue weighted by molar-refractivity contribution is 7.92. The van der Waals surface area contributed by atoms with Crippen molar-refractivity contribution in [3.63, 3.8) is 0 Å². The zero-order chi connectivity index (χ0) is 18.7. The maximum Gasteiger partial charge on any atom is 0.267 e. The summed E-state index contributed by atoms with van der Waals surface area (Å²) >= 11 is 1.27. The lowest BCUT2D eigenvalue weighted by Gasteiger charge is -2.07. The van der Waals surface area contributed by atoms with Crippen molar-refractivity contribution < 1.29 is 13.2 Å². The fraction of sp³-hybridized carbons (Fsp3) is 0.118. The molecule has 0 unspecified atom stereocenters. The Labute approximate surface area is 155 Å². The van der Waals surface area contributed by atoms with E-state index in [0.29, 0.717) is 27.0 Å². The van der Waals surface area contributed by atoms with Crippen LogP contribution in [-0.4, -0.2) is 30.5 Å². The Morgan fingerprint density at radius 2 is 1.77 bits per heavy atom. The van der Waals surface area contributed by atoms with E-state index in [9.17, 15) is 13.2 Å². The van der Waals surface area contributed by atoms with Crippen LogP contribution >= 0.6 is 11.3 Å². The van der Waals surface area contributed by atoms with Crippen molar-refractivity contribution in [3.8, 4) is 10.7 Å². The summed E-state index contributed by atoms with van der Waals surface area (Å²) in [5, 5.41) is 3.47. The van der Waals surface area contributed by atoms with Crippen LogP contribution < -0.4 is 10.0 Å². The smallest absolute Gasteiger partial charge is 0.267 e. The molecule has 0 atom stereocenters. The molecular formula is C17H16N4O3S2. The van der Waals surface area contributed by atoms with Crippen LogP contribution in [0.2, 0.25) is 0 Å². The van der Waals surface area contributed by atoms with E-state index in [1.54, 1.807) is 37.4 Å². The number of aryl methyl sites for hydroxylation is 1. The van der Waals surface area contributed by atoms with Crippen molar-refractivity contribution in [1.29, 1.82) is 0 Å². The molecule has 0 aliphatic rings. The SMILES string of the molecule is Cc1nc(-c2ccccn2)sc1C(=O)Nc1ccc(NS(C)(=O)=O)cc1. The van der Waals surface area contributed by atoms with Gasteiger partial charge in [0.15, 0.2) is 0 Å². The molecule has 0 spiro atoms. The van der Waals surface area contributed by atoms with E-state index in [4.69, 9.17) is 0 Å². The van der Waals surface area contributed by atoms with Gasteiger partial charge in [-0.05, 0) is 43.3 Å². The number of aromatic nitrogens is 2. The topological polar surface area (TPSA) is 101 Å². The van der Waals surface area contributed by atoms with Gasteiger partial charge in [-0.25, -0.2) is 13.4 Å². The Morgan fingerprint density at radius 3 is 2.38 bits per heavy atom. The van der Waals surface area contributed by atoms with Gasteiger partial charge < -0.3 is 5.32 Å². The van der Waals surface area contributed by atoms with Crippen LogP contribution in [0.15, 0.2) is 48.7 Å². The van der Waals surface area contributed by atoms with Crippen LogP contribution in [0.5, 0.6) is 0 Å². The summed E-state index contributed by atoms with van der Waals surface area (Å²) in [6, 6.07) is 11.9. The number of sulfonamides is 1. The molecule has 0 aliphatic heterocycles. The lowest BCUT2D eigenvalue weighted by Crippen LogP contribution is -2.12. The van der Waals surface area contributed by atoms with Gasteiger partial charge in [-0.3, -0.25) is 14.5 Å². The number of hydrogen-bond acceptors (Lipinski definition) is 6. The molecule has 9 heteroatoms. The van der Waals surface area contributed by atoms with Crippen molar-refractivity contribution in [1.82, 2.24) is 9.97 Å². The molecule has 0 aliphatic carbocycles. The zero-order valence-electron chi connectivity index (χ0n) is 14.1. The van der Waals surface area contributed by atoms with Gasteiger partial charge >= 0.3 is 0 Å². The first kappa shape index (κ1) is 18.0. The van der Waals surface area contributed by atoms with Crippen LogP contribution in [0.25, 0.3) is 10.7 Å². The molecule has 0 bridgehead atoms. The van der Waals surface area contributed by atoms with Gasteiger partial charge in [0.25, 0.3) is 5.91 Å². The maximum absolute atomic E-state index is 12.5. The molecule has 1 aromatic carbocycles. The Bertz CT molecular complexity index is 1030. The highest BCUT2D eigenvalue weighted by Crippen LogP contribution is 2.27. The minimum absolute atomic E-state index is 0.272. The molecule has 0 radical (unpaired) electrons. The van der Waals surface area contributed by atoms with Crippen LogP contribution in [0, 0.1) is 6.92 Å². The molecule has 3 aromatic rings. The van der Waals surface area contributed by atoms with Gasteiger partial charge in [0.05, 0.1) is 17.6 Å². The van der Waals surface area contributed by atoms with E-state index in [1.807, 2.05) is 18.2 Å². The second-order valence-corrected chi connectivity index (χ2v) is 8.30. The normalized spacial score (nSPS) is 11.2. The van der Waals surface area contributed by atoms with E-state index in [2.05, 4.69) is 20.0 Å². The third-order valence-electron chi connectivity index (χ3n) is 3.33. The zero-order valence-corrected chi connectivity index (χ0v) is 15.7. The largest absolute Gasteiger partial charge is 0.321 e. The predicted octanol–water partition coefficient (Wildman–Crippen LogP) is 3.14. The summed E-state index contributed by atoms with van der Waals surface area (Å²) < 4.78 is 24.8. The number of pyridine rings is 1. The van der Waals surface area contributed by atoms with Crippen LogP contribution in [0.3, 0.4) is 0 Å². The summed E-state index contributed by atoms with van der Waals surface area (Å²) in [7, 11) is -3.34. The van der Waals surface area contributed by atoms with Gasteiger partial charge in [-0.2, -0.15) is 0 Å². The second kappa shape index (κ2) is 7.22. The monoisotopic (exact) mass is 388 g/mol. The number of nitrogens with zero attached hydrogens (tertiary/aromatic N) is 2. The molecule has 7 nitrogen and oxygen atoms in total. The molecule has 3 rings (SSSR count). The number of hydrogen-bond donors (Lipinski definition) is 2. The molecule has 0 saturated heterocycles. The predicted molar refractivity (Wildman–Crippen MR) is 103 cm³/mol. The van der Waals surface area contributed by atoms with Crippen LogP contribution in [0.1, 0.15) is 15.4 Å². The molecule has 134 valence electrons. The first-order valence-electron chi connectivity index (χ1n) is 7.60. The summed E-state index contributed by atoms with van der Waals surface area (Å²) in [5.41, 5.74) is 2.33. The van der Waals surface area contributed by atoms with Gasteiger partial charge in [-0.1, -0.05) is 6.07 Å². The number of benzene rings is 1. The van der Waals surface area contributed by atoms with Crippen molar-refractivity contribution in [3.05, 3.63) is 59.2 Å². The number of rotatable bonds is 5. The van der Waals surface area contributed by atoms with E-state index in [0.717, 1.165) is 11.9 Å². The molecule has 0 fully saturated rings. The Morgan fingerprint density at radius 1 is 1.08 bits per heavy atom. The maximum atomic E-state index is 12.5. The van der Waals surface area contributed by atoms with E-state index < -0.39 is 10.0 Å². The van der Waals surface area contributed by atoms with Gasteiger partial charge in [0, 0.05) is 17.6 Å². The summed E-state index contributed by atoms with van der Waals surface area (Å²) in [5.74, 6) is -0.272. The fourth-order valence-electron chi connectivity index (χ4n) is 2.23. The minimum Gasteiger partial charge on any atom is -0.321 e. The van der Waals surface area contributed by atoms with Crippen molar-refractivity contribution in [2.75, 3.05) is 16.3 Å². The quantitative estimate of drug-likeness (QED) is 0.699. The number of carbonyl (C=O) groups is 1. The van der Waals surface area contributed by atoms with Gasteiger partial charge in [-0.15, -0.1) is 11.3 Å².